The Morgan fingerprint density at radius 3 is 2.63 bits per heavy atom. The third-order valence-electron chi connectivity index (χ3n) is 4.26. The number of aromatic nitrogens is 1. The van der Waals surface area contributed by atoms with E-state index in [9.17, 15) is 10.2 Å². The summed E-state index contributed by atoms with van der Waals surface area (Å²) in [6.45, 7) is 11.0. The van der Waals surface area contributed by atoms with E-state index in [4.69, 9.17) is 4.74 Å². The Morgan fingerprint density at radius 1 is 1.37 bits per heavy atom. The van der Waals surface area contributed by atoms with E-state index in [-0.39, 0.29) is 29.5 Å². The quantitative estimate of drug-likeness (QED) is 0.507. The van der Waals surface area contributed by atoms with Gasteiger partial charge in [-0.3, -0.25) is 4.57 Å². The van der Waals surface area contributed by atoms with Gasteiger partial charge in [-0.2, -0.15) is 0 Å². The maximum Gasteiger partial charge on any atom is 0.197 e. The molecule has 0 saturated carbocycles. The maximum absolute atomic E-state index is 10.5. The van der Waals surface area contributed by atoms with Crippen molar-refractivity contribution in [2.45, 2.75) is 50.4 Å². The van der Waals surface area contributed by atoms with Gasteiger partial charge in [-0.1, -0.05) is 25.7 Å². The molecule has 1 aromatic heterocycles. The normalized spacial score (nSPS) is 28.7. The van der Waals surface area contributed by atoms with Gasteiger partial charge in [0.1, 0.15) is 0 Å². The number of fused-ring (bicyclic) bond motifs is 2. The zero-order valence-corrected chi connectivity index (χ0v) is 12.7. The fourth-order valence-electron chi connectivity index (χ4n) is 3.40. The highest BCUT2D eigenvalue weighted by Crippen LogP contribution is 2.54. The Labute approximate surface area is 114 Å². The zero-order valence-electron chi connectivity index (χ0n) is 11.7. The predicted molar refractivity (Wildman–Crippen MR) is 76.4 cm³/mol. The standard InChI is InChI=1S/C14H21NO3Si/c1-5-6-15-13(16)8-7-9-11(18-9)12(19(2,3)4)10(8)14(15)17/h5,9,11-12,16-17H,1,6-7H2,2-4H3. The van der Waals surface area contributed by atoms with Crippen molar-refractivity contribution in [2.24, 2.45) is 0 Å². The van der Waals surface area contributed by atoms with Gasteiger partial charge in [-0.15, -0.1) is 6.58 Å². The van der Waals surface area contributed by atoms with E-state index in [2.05, 4.69) is 26.2 Å². The van der Waals surface area contributed by atoms with Crippen molar-refractivity contribution in [1.29, 1.82) is 0 Å². The van der Waals surface area contributed by atoms with Gasteiger partial charge >= 0.3 is 0 Å². The monoisotopic (exact) mass is 279 g/mol. The third kappa shape index (κ3) is 1.75. The number of nitrogens with zero attached hydrogens (tertiary/aromatic N) is 1. The van der Waals surface area contributed by atoms with Crippen LogP contribution in [0.1, 0.15) is 16.7 Å². The summed E-state index contributed by atoms with van der Waals surface area (Å²) < 4.78 is 7.30. The van der Waals surface area contributed by atoms with Crippen molar-refractivity contribution in [2.75, 3.05) is 0 Å². The van der Waals surface area contributed by atoms with E-state index in [0.717, 1.165) is 11.1 Å². The molecule has 0 amide bonds. The van der Waals surface area contributed by atoms with Gasteiger partial charge in [0.05, 0.1) is 20.3 Å². The lowest BCUT2D eigenvalue weighted by atomic mass is 9.94. The van der Waals surface area contributed by atoms with E-state index < -0.39 is 8.07 Å². The Bertz CT molecular complexity index is 544. The highest BCUT2D eigenvalue weighted by atomic mass is 28.3. The SMILES string of the molecule is C=CCn1c(O)c2c(c1O)C([Si](C)(C)C)C1OC1C2. The van der Waals surface area contributed by atoms with Gasteiger partial charge in [0.25, 0.3) is 0 Å². The molecule has 0 radical (unpaired) electrons. The Balaban J connectivity index is 2.16. The second kappa shape index (κ2) is 3.90. The third-order valence-corrected chi connectivity index (χ3v) is 6.74. The number of aromatic hydroxyl groups is 2. The summed E-state index contributed by atoms with van der Waals surface area (Å²) in [5, 5.41) is 20.8. The molecule has 19 heavy (non-hydrogen) atoms. The number of ether oxygens (including phenoxy) is 1. The van der Waals surface area contributed by atoms with Gasteiger partial charge in [-0.25, -0.2) is 0 Å². The van der Waals surface area contributed by atoms with E-state index in [0.29, 0.717) is 13.0 Å². The number of hydrogen-bond acceptors (Lipinski definition) is 3. The lowest BCUT2D eigenvalue weighted by Gasteiger charge is -2.30. The van der Waals surface area contributed by atoms with Crippen LogP contribution >= 0.6 is 0 Å². The number of hydrogen-bond donors (Lipinski definition) is 2. The van der Waals surface area contributed by atoms with Crippen LogP contribution in [0.3, 0.4) is 0 Å². The molecule has 3 unspecified atom stereocenters. The molecule has 3 rings (SSSR count). The molecule has 3 atom stereocenters. The fourth-order valence-corrected chi connectivity index (χ4v) is 5.85. The van der Waals surface area contributed by atoms with Crippen LogP contribution in [0.2, 0.25) is 19.6 Å². The minimum Gasteiger partial charge on any atom is -0.494 e. The first kappa shape index (κ1) is 12.8. The van der Waals surface area contributed by atoms with Crippen LogP contribution in [0.4, 0.5) is 0 Å². The largest absolute Gasteiger partial charge is 0.494 e. The van der Waals surface area contributed by atoms with E-state index in [1.165, 1.54) is 0 Å². The molecule has 1 aromatic rings. The smallest absolute Gasteiger partial charge is 0.197 e. The molecule has 2 heterocycles. The van der Waals surface area contributed by atoms with Gasteiger partial charge in [0.15, 0.2) is 11.8 Å². The Morgan fingerprint density at radius 2 is 2.05 bits per heavy atom. The van der Waals surface area contributed by atoms with Crippen LogP contribution < -0.4 is 0 Å². The molecular weight excluding hydrogens is 258 g/mol. The molecule has 0 aromatic carbocycles. The molecule has 1 aliphatic heterocycles. The van der Waals surface area contributed by atoms with Crippen LogP contribution in [0.25, 0.3) is 0 Å². The van der Waals surface area contributed by atoms with Crippen LogP contribution in [0.15, 0.2) is 12.7 Å². The molecule has 1 saturated heterocycles. The molecule has 2 aliphatic rings. The summed E-state index contributed by atoms with van der Waals surface area (Å²) in [6.07, 6.45) is 2.87. The van der Waals surface area contributed by atoms with Crippen LogP contribution in [-0.2, 0) is 17.7 Å². The van der Waals surface area contributed by atoms with Crippen molar-refractivity contribution < 1.29 is 14.9 Å². The topological polar surface area (TPSA) is 57.9 Å². The highest BCUT2D eigenvalue weighted by molar-refractivity contribution is 6.77. The van der Waals surface area contributed by atoms with Gasteiger partial charge < -0.3 is 14.9 Å². The van der Waals surface area contributed by atoms with Crippen LogP contribution in [0.5, 0.6) is 11.8 Å². The second-order valence-electron chi connectivity index (χ2n) is 6.63. The van der Waals surface area contributed by atoms with Crippen LogP contribution in [-0.4, -0.2) is 35.1 Å². The second-order valence-corrected chi connectivity index (χ2v) is 12.0. The summed E-state index contributed by atoms with van der Waals surface area (Å²) >= 11 is 0. The molecule has 1 fully saturated rings. The lowest BCUT2D eigenvalue weighted by Crippen LogP contribution is -2.37. The number of rotatable bonds is 3. The fraction of sp³-hybridized carbons (Fsp3) is 0.571. The van der Waals surface area contributed by atoms with Crippen molar-refractivity contribution >= 4 is 8.07 Å². The van der Waals surface area contributed by atoms with Crippen molar-refractivity contribution in [1.82, 2.24) is 4.57 Å². The van der Waals surface area contributed by atoms with E-state index in [1.54, 1.807) is 10.6 Å². The Kier molecular flexibility index (Phi) is 2.63. The molecule has 4 nitrogen and oxygen atoms in total. The molecule has 2 N–H and O–H groups in total. The lowest BCUT2D eigenvalue weighted by molar-refractivity contribution is 0.354. The Hall–Kier alpha value is -1.20. The van der Waals surface area contributed by atoms with Gasteiger partial charge in [-0.05, 0) is 0 Å². The minimum absolute atomic E-state index is 0.185. The number of allylic oxidation sites excluding steroid dienone is 1. The predicted octanol–water partition coefficient (Wildman–Crippen LogP) is 2.37. The number of epoxide rings is 1. The van der Waals surface area contributed by atoms with Gasteiger partial charge in [0, 0.05) is 29.6 Å². The average Bonchev–Trinajstić information content (AvgIpc) is 3.04. The molecular formula is C14H21NO3Si. The van der Waals surface area contributed by atoms with Crippen LogP contribution in [0, 0.1) is 0 Å². The average molecular weight is 279 g/mol. The summed E-state index contributed by atoms with van der Waals surface area (Å²) in [6, 6.07) is 0. The first-order valence-corrected chi connectivity index (χ1v) is 10.3. The van der Waals surface area contributed by atoms with E-state index in [1.807, 2.05) is 0 Å². The first-order chi connectivity index (χ1) is 8.86. The minimum atomic E-state index is -1.53. The summed E-state index contributed by atoms with van der Waals surface area (Å²) in [5.74, 6) is 0.387. The first-order valence-electron chi connectivity index (χ1n) is 6.75. The highest BCUT2D eigenvalue weighted by Gasteiger charge is 2.56. The van der Waals surface area contributed by atoms with Crippen molar-refractivity contribution in [3.05, 3.63) is 23.8 Å². The van der Waals surface area contributed by atoms with Gasteiger partial charge in [0.2, 0.25) is 0 Å². The molecule has 0 bridgehead atoms. The molecule has 1 aliphatic carbocycles. The maximum atomic E-state index is 10.5. The summed E-state index contributed by atoms with van der Waals surface area (Å²) in [5.41, 5.74) is 2.07. The summed E-state index contributed by atoms with van der Waals surface area (Å²) in [4.78, 5) is 0. The van der Waals surface area contributed by atoms with Crippen molar-refractivity contribution in [3.8, 4) is 11.8 Å². The molecule has 104 valence electrons. The molecule has 5 heteroatoms. The zero-order chi connectivity index (χ0) is 13.9. The van der Waals surface area contributed by atoms with E-state index >= 15 is 0 Å². The summed E-state index contributed by atoms with van der Waals surface area (Å²) in [7, 11) is -1.53. The molecule has 0 spiro atoms. The van der Waals surface area contributed by atoms with Crippen molar-refractivity contribution in [3.63, 3.8) is 0 Å².